The fraction of sp³-hybridized carbons (Fsp3) is 0.556. The molecule has 6 aromatic rings. The van der Waals surface area contributed by atoms with Crippen LogP contribution in [0.5, 0.6) is 0 Å². The van der Waals surface area contributed by atoms with Gasteiger partial charge in [-0.1, -0.05) is 166 Å². The molecule has 0 radical (unpaired) electrons. The van der Waals surface area contributed by atoms with Gasteiger partial charge in [-0.25, -0.2) is 29.9 Å². The highest BCUT2D eigenvalue weighted by atomic mass is 15.1. The largest absolute Gasteiger partial charge is 0.261 e. The van der Waals surface area contributed by atoms with Gasteiger partial charge in [-0.05, 0) is 71.0 Å². The van der Waals surface area contributed by atoms with Gasteiger partial charge in [0, 0.05) is 73.6 Å². The predicted octanol–water partition coefficient (Wildman–Crippen LogP) is 15.8. The molecule has 6 heterocycles. The number of hydrogen-bond acceptors (Lipinski definition) is 12. The molecule has 0 aliphatic heterocycles. The van der Waals surface area contributed by atoms with Gasteiger partial charge in [-0.2, -0.15) is 20.4 Å². The zero-order valence-corrected chi connectivity index (χ0v) is 46.2. The highest BCUT2D eigenvalue weighted by Crippen LogP contribution is 2.11. The lowest BCUT2D eigenvalue weighted by molar-refractivity contribution is 0.774. The number of hydrogen-bond donors (Lipinski definition) is 0. The Bertz CT molecular complexity index is 1360. The van der Waals surface area contributed by atoms with E-state index in [1.54, 1.807) is 68.4 Å². The molecule has 372 valence electrons. The summed E-state index contributed by atoms with van der Waals surface area (Å²) in [6.07, 6.45) is 22.5. The van der Waals surface area contributed by atoms with Crippen molar-refractivity contribution in [2.75, 3.05) is 0 Å². The molecule has 0 fully saturated rings. The van der Waals surface area contributed by atoms with E-state index >= 15 is 0 Å². The van der Waals surface area contributed by atoms with Crippen molar-refractivity contribution in [2.45, 2.75) is 202 Å². The second kappa shape index (κ2) is 55.6. The van der Waals surface area contributed by atoms with E-state index < -0.39 is 0 Å². The molecule has 0 saturated heterocycles. The van der Waals surface area contributed by atoms with Crippen LogP contribution in [0.15, 0.2) is 111 Å². The lowest BCUT2D eigenvalue weighted by Crippen LogP contribution is -1.93. The molecule has 6 aromatic heterocycles. The fourth-order valence-electron chi connectivity index (χ4n) is 3.73. The van der Waals surface area contributed by atoms with Crippen LogP contribution in [0.4, 0.5) is 0 Å². The van der Waals surface area contributed by atoms with Gasteiger partial charge in [0.2, 0.25) is 0 Å². The average Bonchev–Trinajstić information content (AvgIpc) is 3.40. The molecular formula is C54H96N12. The topological polar surface area (TPSA) is 155 Å². The lowest BCUT2D eigenvalue weighted by atomic mass is 10.1. The SMILES string of the molecule is CC.CC.CC.CC.CC.CC.CC(C)c1cccnn1.CC(C)c1ccncn1.CC(C)c1ccnnc1.CC(C)c1cnccn1.CC(C)c1cncnc1.CC(C)c1ncccn1. The third kappa shape index (κ3) is 43.7. The first-order valence-corrected chi connectivity index (χ1v) is 24.4. The first-order valence-electron chi connectivity index (χ1n) is 24.4. The Labute approximate surface area is 405 Å². The fourth-order valence-corrected chi connectivity index (χ4v) is 3.73. The molecule has 0 aliphatic rings. The molecule has 6 rings (SSSR count). The van der Waals surface area contributed by atoms with Gasteiger partial charge >= 0.3 is 0 Å². The van der Waals surface area contributed by atoms with Gasteiger partial charge in [0.15, 0.2) is 0 Å². The van der Waals surface area contributed by atoms with Gasteiger partial charge < -0.3 is 0 Å². The molecule has 0 aromatic carbocycles. The van der Waals surface area contributed by atoms with Crippen LogP contribution in [0.25, 0.3) is 0 Å². The van der Waals surface area contributed by atoms with Crippen molar-refractivity contribution in [1.29, 1.82) is 0 Å². The lowest BCUT2D eigenvalue weighted by Gasteiger charge is -2.00. The summed E-state index contributed by atoms with van der Waals surface area (Å²) in [5, 5.41) is 15.1. The van der Waals surface area contributed by atoms with Crippen LogP contribution in [0.1, 0.15) is 236 Å². The molecule has 0 saturated carbocycles. The van der Waals surface area contributed by atoms with E-state index in [1.807, 2.05) is 126 Å². The highest BCUT2D eigenvalue weighted by Gasteiger charge is 2.00. The quantitative estimate of drug-likeness (QED) is 0.156. The Morgan fingerprint density at radius 2 is 0.833 bits per heavy atom. The highest BCUT2D eigenvalue weighted by molar-refractivity contribution is 5.09. The van der Waals surface area contributed by atoms with E-state index in [0.29, 0.717) is 35.5 Å². The third-order valence-corrected chi connectivity index (χ3v) is 7.18. The second-order valence-corrected chi connectivity index (χ2v) is 13.8. The van der Waals surface area contributed by atoms with E-state index in [2.05, 4.69) is 143 Å². The van der Waals surface area contributed by atoms with Crippen molar-refractivity contribution in [1.82, 2.24) is 60.3 Å². The summed E-state index contributed by atoms with van der Waals surface area (Å²) in [6, 6.07) is 9.63. The molecule has 0 N–H and O–H groups in total. The first-order chi connectivity index (χ1) is 31.8. The molecule has 0 bridgehead atoms. The van der Waals surface area contributed by atoms with Crippen LogP contribution in [0.3, 0.4) is 0 Å². The maximum absolute atomic E-state index is 4.12. The molecule has 0 atom stereocenters. The van der Waals surface area contributed by atoms with E-state index in [1.165, 1.54) is 11.1 Å². The molecule has 0 amide bonds. The van der Waals surface area contributed by atoms with Crippen molar-refractivity contribution in [3.63, 3.8) is 0 Å². The minimum absolute atomic E-state index is 0.436. The van der Waals surface area contributed by atoms with Crippen LogP contribution in [0.2, 0.25) is 0 Å². The Kier molecular flexibility index (Phi) is 60.7. The molecule has 0 spiro atoms. The third-order valence-electron chi connectivity index (χ3n) is 7.18. The smallest absolute Gasteiger partial charge is 0.130 e. The summed E-state index contributed by atoms with van der Waals surface area (Å²) in [6.45, 7) is 49.3. The van der Waals surface area contributed by atoms with E-state index in [9.17, 15) is 0 Å². The predicted molar refractivity (Wildman–Crippen MR) is 285 cm³/mol. The van der Waals surface area contributed by atoms with Gasteiger partial charge in [-0.15, -0.1) is 0 Å². The average molecular weight is 913 g/mol. The van der Waals surface area contributed by atoms with Crippen LogP contribution < -0.4 is 0 Å². The Morgan fingerprint density at radius 1 is 0.303 bits per heavy atom. The van der Waals surface area contributed by atoms with Crippen LogP contribution in [-0.4, -0.2) is 60.3 Å². The standard InChI is InChI=1S/6C7H10N2.6C2H6/c1-6(2)7-3-8-5-9-4-7;1-6(2)7-5-8-3-4-9-7;1-6(2)7-3-4-8-5-9-7;1-6(2)7-3-4-8-9-5-7;1-6(2)7-8-4-3-5-9-7;1-6(2)7-4-3-5-8-9-7;6*1-2/h6*3-6H,1-2H3;6*1-2H3. The normalized spacial score (nSPS) is 8.82. The van der Waals surface area contributed by atoms with Crippen molar-refractivity contribution in [2.24, 2.45) is 0 Å². The van der Waals surface area contributed by atoms with Crippen LogP contribution in [-0.2, 0) is 0 Å². The number of rotatable bonds is 6. The van der Waals surface area contributed by atoms with Gasteiger partial charge in [0.1, 0.15) is 18.5 Å². The van der Waals surface area contributed by atoms with Gasteiger partial charge in [0.25, 0.3) is 0 Å². The Hall–Kier alpha value is -5.52. The van der Waals surface area contributed by atoms with E-state index in [-0.39, 0.29) is 0 Å². The number of aromatic nitrogens is 12. The number of nitrogens with zero attached hydrogens (tertiary/aromatic N) is 12. The van der Waals surface area contributed by atoms with E-state index in [0.717, 1.165) is 22.9 Å². The molecule has 12 heteroatoms. The minimum Gasteiger partial charge on any atom is -0.261 e. The Balaban J connectivity index is -0.000000156. The van der Waals surface area contributed by atoms with Crippen molar-refractivity contribution >= 4 is 0 Å². The Morgan fingerprint density at radius 3 is 1.11 bits per heavy atom. The van der Waals surface area contributed by atoms with Gasteiger partial charge in [-0.3, -0.25) is 9.97 Å². The second-order valence-electron chi connectivity index (χ2n) is 13.8. The molecular weight excluding hydrogens is 817 g/mol. The molecule has 66 heavy (non-hydrogen) atoms. The van der Waals surface area contributed by atoms with Crippen molar-refractivity contribution < 1.29 is 0 Å². The van der Waals surface area contributed by atoms with Gasteiger partial charge in [0.05, 0.1) is 17.6 Å². The summed E-state index contributed by atoms with van der Waals surface area (Å²) in [5.74, 6) is 3.92. The zero-order valence-electron chi connectivity index (χ0n) is 46.2. The van der Waals surface area contributed by atoms with Crippen molar-refractivity contribution in [3.05, 3.63) is 145 Å². The summed E-state index contributed by atoms with van der Waals surface area (Å²) in [4.78, 5) is 31.9. The maximum atomic E-state index is 4.12. The maximum Gasteiger partial charge on any atom is 0.130 e. The summed E-state index contributed by atoms with van der Waals surface area (Å²) >= 11 is 0. The minimum atomic E-state index is 0.436. The van der Waals surface area contributed by atoms with Crippen molar-refractivity contribution in [3.8, 4) is 0 Å². The van der Waals surface area contributed by atoms with Crippen LogP contribution >= 0.6 is 0 Å². The molecule has 0 aliphatic carbocycles. The summed E-state index contributed by atoms with van der Waals surface area (Å²) in [7, 11) is 0. The molecule has 12 nitrogen and oxygen atoms in total. The zero-order chi connectivity index (χ0) is 52.1. The monoisotopic (exact) mass is 913 g/mol. The van der Waals surface area contributed by atoms with E-state index in [4.69, 9.17) is 0 Å². The first kappa shape index (κ1) is 72.1. The molecule has 0 unspecified atom stereocenters. The van der Waals surface area contributed by atoms with Crippen LogP contribution in [0, 0.1) is 0 Å². The summed E-state index contributed by atoms with van der Waals surface area (Å²) < 4.78 is 0. The summed E-state index contributed by atoms with van der Waals surface area (Å²) in [5.41, 5.74) is 5.64.